The lowest BCUT2D eigenvalue weighted by atomic mass is 10.4. The van der Waals surface area contributed by atoms with E-state index in [1.807, 2.05) is 0 Å². The zero-order chi connectivity index (χ0) is 11.3. The van der Waals surface area contributed by atoms with Gasteiger partial charge in [-0.25, -0.2) is 4.98 Å². The minimum absolute atomic E-state index is 0. The number of nitrogens with two attached hydrogens (primary N) is 1. The summed E-state index contributed by atoms with van der Waals surface area (Å²) in [6, 6.07) is 0. The van der Waals surface area contributed by atoms with Crippen molar-refractivity contribution in [3.05, 3.63) is 28.7 Å². The first kappa shape index (κ1) is 15.1. The fraction of sp³-hybridized carbons (Fsp3) is 0.400. The van der Waals surface area contributed by atoms with Crippen LogP contribution in [-0.4, -0.2) is 35.9 Å². The Morgan fingerprint density at radius 2 is 2.44 bits per heavy atom. The molecule has 90 valence electrons. The highest BCUT2D eigenvalue weighted by Gasteiger charge is 2.13. The van der Waals surface area contributed by atoms with Gasteiger partial charge >= 0.3 is 0 Å². The molecule has 1 aromatic rings. The lowest BCUT2D eigenvalue weighted by Crippen LogP contribution is -2.26. The minimum Gasteiger partial charge on any atom is -0.337 e. The molecule has 0 unspecified atom stereocenters. The number of hydrogen-bond acceptors (Lipinski definition) is 4. The molecule has 16 heavy (non-hydrogen) atoms. The van der Waals surface area contributed by atoms with E-state index in [0.717, 1.165) is 11.4 Å². The van der Waals surface area contributed by atoms with Gasteiger partial charge in [0, 0.05) is 25.4 Å². The molecule has 1 heterocycles. The Morgan fingerprint density at radius 1 is 1.75 bits per heavy atom. The van der Waals surface area contributed by atoms with E-state index >= 15 is 0 Å². The predicted octanol–water partition coefficient (Wildman–Crippen LogP) is 1.32. The smallest absolute Gasteiger partial charge is 0.273 e. The Labute approximate surface area is 106 Å². The zero-order valence-corrected chi connectivity index (χ0v) is 10.8. The normalized spacial score (nSPS) is 9.38. The summed E-state index contributed by atoms with van der Waals surface area (Å²) in [6.07, 6.45) is 2.41. The molecule has 4 nitrogen and oxygen atoms in total. The van der Waals surface area contributed by atoms with Crippen molar-refractivity contribution in [2.45, 2.75) is 6.42 Å². The largest absolute Gasteiger partial charge is 0.337 e. The van der Waals surface area contributed by atoms with Crippen molar-refractivity contribution in [2.24, 2.45) is 5.73 Å². The quantitative estimate of drug-likeness (QED) is 0.814. The molecule has 2 N–H and O–H groups in total. The number of rotatable bonds is 5. The van der Waals surface area contributed by atoms with Crippen LogP contribution >= 0.6 is 23.7 Å². The van der Waals surface area contributed by atoms with E-state index in [2.05, 4.69) is 11.6 Å². The average Bonchev–Trinajstić information content (AvgIpc) is 2.66. The van der Waals surface area contributed by atoms with Gasteiger partial charge in [0.25, 0.3) is 5.91 Å². The predicted molar refractivity (Wildman–Crippen MR) is 69.3 cm³/mol. The van der Waals surface area contributed by atoms with Crippen molar-refractivity contribution in [3.63, 3.8) is 0 Å². The van der Waals surface area contributed by atoms with Gasteiger partial charge in [-0.3, -0.25) is 4.79 Å². The maximum Gasteiger partial charge on any atom is 0.273 e. The molecule has 1 aromatic heterocycles. The van der Waals surface area contributed by atoms with Crippen LogP contribution in [0.2, 0.25) is 0 Å². The molecule has 0 radical (unpaired) electrons. The number of likely N-dealkylation sites (N-methyl/N-ethyl adjacent to an activating group) is 1. The van der Waals surface area contributed by atoms with E-state index in [0.29, 0.717) is 18.8 Å². The third kappa shape index (κ3) is 3.92. The molecule has 0 aliphatic carbocycles. The van der Waals surface area contributed by atoms with E-state index in [1.165, 1.54) is 11.3 Å². The first-order valence-corrected chi connectivity index (χ1v) is 5.57. The van der Waals surface area contributed by atoms with Crippen LogP contribution in [0.3, 0.4) is 0 Å². The molecular formula is C10H16ClN3OS. The summed E-state index contributed by atoms with van der Waals surface area (Å²) < 4.78 is 0. The molecule has 0 saturated carbocycles. The monoisotopic (exact) mass is 261 g/mol. The number of amides is 1. The van der Waals surface area contributed by atoms with Gasteiger partial charge in [-0.1, -0.05) is 6.08 Å². The van der Waals surface area contributed by atoms with Gasteiger partial charge in [-0.15, -0.1) is 30.3 Å². The molecule has 0 spiro atoms. The van der Waals surface area contributed by atoms with Crippen molar-refractivity contribution < 1.29 is 4.79 Å². The van der Waals surface area contributed by atoms with Crippen LogP contribution in [0, 0.1) is 0 Å². The van der Waals surface area contributed by atoms with Crippen molar-refractivity contribution in [1.82, 2.24) is 9.88 Å². The molecule has 0 atom stereocenters. The molecule has 6 heteroatoms. The van der Waals surface area contributed by atoms with Crippen LogP contribution in [0.25, 0.3) is 0 Å². The first-order valence-electron chi connectivity index (χ1n) is 4.70. The number of hydrogen-bond donors (Lipinski definition) is 1. The summed E-state index contributed by atoms with van der Waals surface area (Å²) in [4.78, 5) is 17.5. The SMILES string of the molecule is C=CCN(C)C(=O)c1csc(CCN)n1.Cl. The topological polar surface area (TPSA) is 59.2 Å². The minimum atomic E-state index is -0.0746. The van der Waals surface area contributed by atoms with Crippen LogP contribution < -0.4 is 5.73 Å². The van der Waals surface area contributed by atoms with E-state index < -0.39 is 0 Å². The summed E-state index contributed by atoms with van der Waals surface area (Å²) in [6.45, 7) is 4.67. The fourth-order valence-corrected chi connectivity index (χ4v) is 1.91. The number of nitrogens with zero attached hydrogens (tertiary/aromatic N) is 2. The van der Waals surface area contributed by atoms with Crippen molar-refractivity contribution in [2.75, 3.05) is 20.1 Å². The van der Waals surface area contributed by atoms with E-state index in [-0.39, 0.29) is 18.3 Å². The van der Waals surface area contributed by atoms with Crippen molar-refractivity contribution in [3.8, 4) is 0 Å². The van der Waals surface area contributed by atoms with Gasteiger partial charge in [-0.05, 0) is 6.54 Å². The Hall–Kier alpha value is -0.910. The van der Waals surface area contributed by atoms with Gasteiger partial charge in [0.15, 0.2) is 0 Å². The zero-order valence-electron chi connectivity index (χ0n) is 9.18. The van der Waals surface area contributed by atoms with Crippen LogP contribution in [0.1, 0.15) is 15.5 Å². The maximum absolute atomic E-state index is 11.7. The van der Waals surface area contributed by atoms with E-state index in [1.54, 1.807) is 23.4 Å². The Kier molecular flexibility index (Phi) is 6.96. The maximum atomic E-state index is 11.7. The summed E-state index contributed by atoms with van der Waals surface area (Å²) in [5, 5.41) is 2.68. The average molecular weight is 262 g/mol. The summed E-state index contributed by atoms with van der Waals surface area (Å²) in [5.41, 5.74) is 5.90. The Balaban J connectivity index is 0.00000225. The number of thiazole rings is 1. The molecule has 0 aromatic carbocycles. The van der Waals surface area contributed by atoms with Gasteiger partial charge in [0.2, 0.25) is 0 Å². The molecule has 0 fully saturated rings. The Morgan fingerprint density at radius 3 is 3.00 bits per heavy atom. The molecule has 1 rings (SSSR count). The second kappa shape index (κ2) is 7.38. The van der Waals surface area contributed by atoms with Crippen LogP contribution in [-0.2, 0) is 6.42 Å². The third-order valence-electron chi connectivity index (χ3n) is 1.88. The van der Waals surface area contributed by atoms with Gasteiger partial charge in [0.05, 0.1) is 5.01 Å². The van der Waals surface area contributed by atoms with Gasteiger partial charge in [-0.2, -0.15) is 0 Å². The van der Waals surface area contributed by atoms with Crippen LogP contribution in [0.5, 0.6) is 0 Å². The second-order valence-corrected chi connectivity index (χ2v) is 4.08. The van der Waals surface area contributed by atoms with Gasteiger partial charge in [0.1, 0.15) is 5.69 Å². The summed E-state index contributed by atoms with van der Waals surface area (Å²) >= 11 is 1.47. The first-order chi connectivity index (χ1) is 7.19. The fourth-order valence-electron chi connectivity index (χ4n) is 1.12. The standard InChI is InChI=1S/C10H15N3OS.ClH/c1-3-6-13(2)10(14)8-7-15-9(12-8)4-5-11;/h3,7H,1,4-6,11H2,2H3;1H. The number of aromatic nitrogens is 1. The molecule has 0 aliphatic heterocycles. The van der Waals surface area contributed by atoms with Crippen molar-refractivity contribution >= 4 is 29.7 Å². The van der Waals surface area contributed by atoms with Crippen LogP contribution in [0.4, 0.5) is 0 Å². The second-order valence-electron chi connectivity index (χ2n) is 3.14. The molecule has 0 saturated heterocycles. The third-order valence-corrected chi connectivity index (χ3v) is 2.79. The molecule has 0 bridgehead atoms. The lowest BCUT2D eigenvalue weighted by molar-refractivity contribution is 0.0805. The van der Waals surface area contributed by atoms with E-state index in [4.69, 9.17) is 5.73 Å². The number of carbonyl (C=O) groups excluding carboxylic acids is 1. The van der Waals surface area contributed by atoms with E-state index in [9.17, 15) is 4.79 Å². The van der Waals surface area contributed by atoms with Crippen molar-refractivity contribution in [1.29, 1.82) is 0 Å². The number of carbonyl (C=O) groups is 1. The molecule has 1 amide bonds. The lowest BCUT2D eigenvalue weighted by Gasteiger charge is -2.12. The molecular weight excluding hydrogens is 246 g/mol. The highest BCUT2D eigenvalue weighted by atomic mass is 35.5. The van der Waals surface area contributed by atoms with Gasteiger partial charge < -0.3 is 10.6 Å². The van der Waals surface area contributed by atoms with Crippen LogP contribution in [0.15, 0.2) is 18.0 Å². The summed E-state index contributed by atoms with van der Waals surface area (Å²) in [5.74, 6) is -0.0746. The molecule has 0 aliphatic rings. The summed E-state index contributed by atoms with van der Waals surface area (Å²) in [7, 11) is 1.73. The number of halogens is 1. The highest BCUT2D eigenvalue weighted by molar-refractivity contribution is 7.09. The Bertz CT molecular complexity index is 354. The highest BCUT2D eigenvalue weighted by Crippen LogP contribution is 2.11.